The molecule has 1 heterocycles. The van der Waals surface area contributed by atoms with Gasteiger partial charge in [-0.3, -0.25) is 4.79 Å². The zero-order valence-corrected chi connectivity index (χ0v) is 12.5. The highest BCUT2D eigenvalue weighted by Crippen LogP contribution is 2.31. The molecular formula is C17H23NO. The third-order valence-corrected chi connectivity index (χ3v) is 4.12. The Bertz CT molecular complexity index is 650. The monoisotopic (exact) mass is 257 g/mol. The lowest BCUT2D eigenvalue weighted by Crippen LogP contribution is -2.26. The van der Waals surface area contributed by atoms with Crippen LogP contribution in [-0.2, 0) is 5.41 Å². The van der Waals surface area contributed by atoms with Gasteiger partial charge in [-0.2, -0.15) is 0 Å². The van der Waals surface area contributed by atoms with Crippen molar-refractivity contribution in [3.8, 4) is 0 Å². The van der Waals surface area contributed by atoms with Gasteiger partial charge in [-0.05, 0) is 42.7 Å². The molecule has 0 aliphatic carbocycles. The van der Waals surface area contributed by atoms with E-state index in [1.807, 2.05) is 22.8 Å². The van der Waals surface area contributed by atoms with Crippen molar-refractivity contribution in [1.29, 1.82) is 0 Å². The summed E-state index contributed by atoms with van der Waals surface area (Å²) in [7, 11) is 0. The molecule has 0 fully saturated rings. The van der Waals surface area contributed by atoms with Crippen molar-refractivity contribution >= 4 is 10.8 Å². The Morgan fingerprint density at radius 1 is 1.16 bits per heavy atom. The third-order valence-electron chi connectivity index (χ3n) is 4.12. The maximum atomic E-state index is 12.5. The average molecular weight is 257 g/mol. The summed E-state index contributed by atoms with van der Waals surface area (Å²) in [6, 6.07) is 8.14. The molecule has 0 radical (unpaired) electrons. The molecular weight excluding hydrogens is 234 g/mol. The highest BCUT2D eigenvalue weighted by molar-refractivity contribution is 5.85. The fourth-order valence-electron chi connectivity index (χ4n) is 2.42. The molecule has 19 heavy (non-hydrogen) atoms. The van der Waals surface area contributed by atoms with Gasteiger partial charge in [0.2, 0.25) is 0 Å². The van der Waals surface area contributed by atoms with Gasteiger partial charge in [0.15, 0.2) is 0 Å². The number of pyridine rings is 1. The van der Waals surface area contributed by atoms with Gasteiger partial charge in [0, 0.05) is 17.6 Å². The maximum absolute atomic E-state index is 12.5. The minimum Gasteiger partial charge on any atom is -0.312 e. The van der Waals surface area contributed by atoms with Crippen LogP contribution in [0.3, 0.4) is 0 Å². The first-order valence-electron chi connectivity index (χ1n) is 7.03. The molecule has 0 amide bonds. The van der Waals surface area contributed by atoms with E-state index >= 15 is 0 Å². The van der Waals surface area contributed by atoms with Crippen molar-refractivity contribution in [3.63, 3.8) is 0 Å². The van der Waals surface area contributed by atoms with E-state index in [0.717, 1.165) is 17.2 Å². The van der Waals surface area contributed by atoms with Crippen molar-refractivity contribution in [2.75, 3.05) is 0 Å². The number of aromatic nitrogens is 1. The second-order valence-corrected chi connectivity index (χ2v) is 6.13. The SMILES string of the molecule is CCC(C)(C)c1cn(C(C)C)c(=O)c2ccccc12. The normalized spacial score (nSPS) is 12.3. The Labute approximate surface area is 115 Å². The summed E-state index contributed by atoms with van der Waals surface area (Å²) in [4.78, 5) is 12.5. The highest BCUT2D eigenvalue weighted by Gasteiger charge is 2.23. The molecule has 0 unspecified atom stereocenters. The van der Waals surface area contributed by atoms with Crippen LogP contribution < -0.4 is 5.56 Å². The summed E-state index contributed by atoms with van der Waals surface area (Å²) in [5.41, 5.74) is 1.45. The van der Waals surface area contributed by atoms with Gasteiger partial charge in [0.1, 0.15) is 0 Å². The Balaban J connectivity index is 2.91. The first-order valence-corrected chi connectivity index (χ1v) is 7.03. The lowest BCUT2D eigenvalue weighted by molar-refractivity contribution is 0.495. The molecule has 2 heteroatoms. The van der Waals surface area contributed by atoms with Gasteiger partial charge >= 0.3 is 0 Å². The molecule has 102 valence electrons. The molecule has 1 aromatic heterocycles. The van der Waals surface area contributed by atoms with Gasteiger partial charge in [0.05, 0.1) is 0 Å². The fourth-order valence-corrected chi connectivity index (χ4v) is 2.42. The van der Waals surface area contributed by atoms with Crippen LogP contribution in [0, 0.1) is 0 Å². The van der Waals surface area contributed by atoms with Gasteiger partial charge in [-0.1, -0.05) is 39.0 Å². The molecule has 0 spiro atoms. The third kappa shape index (κ3) is 2.32. The fraction of sp³-hybridized carbons (Fsp3) is 0.471. The van der Waals surface area contributed by atoms with Crippen LogP contribution in [0.2, 0.25) is 0 Å². The summed E-state index contributed by atoms with van der Waals surface area (Å²) in [5.74, 6) is 0. The molecule has 0 saturated heterocycles. The Kier molecular flexibility index (Phi) is 3.53. The van der Waals surface area contributed by atoms with E-state index in [0.29, 0.717) is 0 Å². The second-order valence-electron chi connectivity index (χ2n) is 6.13. The predicted molar refractivity (Wildman–Crippen MR) is 81.9 cm³/mol. The minimum atomic E-state index is 0.0734. The van der Waals surface area contributed by atoms with Crippen LogP contribution >= 0.6 is 0 Å². The van der Waals surface area contributed by atoms with Gasteiger partial charge in [-0.15, -0.1) is 0 Å². The standard InChI is InChI=1S/C17H23NO/c1-6-17(4,5)15-11-18(12(2)3)16(19)14-10-8-7-9-13(14)15/h7-12H,6H2,1-5H3. The van der Waals surface area contributed by atoms with Crippen molar-refractivity contribution in [2.24, 2.45) is 0 Å². The predicted octanol–water partition coefficient (Wildman–Crippen LogP) is 4.27. The molecule has 0 atom stereocenters. The molecule has 0 N–H and O–H groups in total. The van der Waals surface area contributed by atoms with E-state index in [2.05, 4.69) is 46.9 Å². The van der Waals surface area contributed by atoms with Crippen LogP contribution in [-0.4, -0.2) is 4.57 Å². The Morgan fingerprint density at radius 3 is 2.26 bits per heavy atom. The number of nitrogens with zero attached hydrogens (tertiary/aromatic N) is 1. The van der Waals surface area contributed by atoms with Crippen molar-refractivity contribution < 1.29 is 0 Å². The van der Waals surface area contributed by atoms with Crippen molar-refractivity contribution in [2.45, 2.75) is 52.5 Å². The second kappa shape index (κ2) is 4.84. The summed E-state index contributed by atoms with van der Waals surface area (Å²) >= 11 is 0. The van der Waals surface area contributed by atoms with Gasteiger partial charge in [0.25, 0.3) is 5.56 Å². The van der Waals surface area contributed by atoms with Crippen LogP contribution in [0.15, 0.2) is 35.3 Å². The Hall–Kier alpha value is -1.57. The summed E-state index contributed by atoms with van der Waals surface area (Å²) in [6.07, 6.45) is 3.10. The molecule has 2 aromatic rings. The number of fused-ring (bicyclic) bond motifs is 1. The van der Waals surface area contributed by atoms with E-state index in [-0.39, 0.29) is 17.0 Å². The quantitative estimate of drug-likeness (QED) is 0.804. The average Bonchev–Trinajstić information content (AvgIpc) is 2.38. The molecule has 0 aliphatic rings. The molecule has 0 saturated carbocycles. The summed E-state index contributed by atoms with van der Waals surface area (Å²) in [6.45, 7) is 10.8. The highest BCUT2D eigenvalue weighted by atomic mass is 16.1. The largest absolute Gasteiger partial charge is 0.312 e. The van der Waals surface area contributed by atoms with E-state index in [1.54, 1.807) is 0 Å². The summed E-state index contributed by atoms with van der Waals surface area (Å²) < 4.78 is 1.86. The van der Waals surface area contributed by atoms with E-state index < -0.39 is 0 Å². The zero-order valence-electron chi connectivity index (χ0n) is 12.5. The topological polar surface area (TPSA) is 22.0 Å². The number of hydrogen-bond acceptors (Lipinski definition) is 1. The maximum Gasteiger partial charge on any atom is 0.258 e. The smallest absolute Gasteiger partial charge is 0.258 e. The number of rotatable bonds is 3. The van der Waals surface area contributed by atoms with Crippen LogP contribution in [0.25, 0.3) is 10.8 Å². The number of hydrogen-bond donors (Lipinski definition) is 0. The first kappa shape index (κ1) is 13.9. The zero-order chi connectivity index (χ0) is 14.2. The van der Waals surface area contributed by atoms with Crippen molar-refractivity contribution in [1.82, 2.24) is 4.57 Å². The first-order chi connectivity index (χ1) is 8.88. The lowest BCUT2D eigenvalue weighted by atomic mass is 9.80. The molecule has 1 aromatic carbocycles. The van der Waals surface area contributed by atoms with Crippen LogP contribution in [0.1, 0.15) is 52.6 Å². The van der Waals surface area contributed by atoms with Gasteiger partial charge < -0.3 is 4.57 Å². The Morgan fingerprint density at radius 2 is 1.74 bits per heavy atom. The van der Waals surface area contributed by atoms with E-state index in [4.69, 9.17) is 0 Å². The van der Waals surface area contributed by atoms with E-state index in [9.17, 15) is 4.79 Å². The molecule has 2 nitrogen and oxygen atoms in total. The molecule has 0 aliphatic heterocycles. The van der Waals surface area contributed by atoms with Crippen molar-refractivity contribution in [3.05, 3.63) is 46.4 Å². The molecule has 2 rings (SSSR count). The van der Waals surface area contributed by atoms with Crippen LogP contribution in [0.4, 0.5) is 0 Å². The lowest BCUT2D eigenvalue weighted by Gasteiger charge is -2.27. The van der Waals surface area contributed by atoms with Crippen LogP contribution in [0.5, 0.6) is 0 Å². The number of benzene rings is 1. The van der Waals surface area contributed by atoms with E-state index in [1.165, 1.54) is 5.56 Å². The minimum absolute atomic E-state index is 0.0734. The van der Waals surface area contributed by atoms with Gasteiger partial charge in [-0.25, -0.2) is 0 Å². The summed E-state index contributed by atoms with van der Waals surface area (Å²) in [5, 5.41) is 1.92. The molecule has 0 bridgehead atoms.